The van der Waals surface area contributed by atoms with Crippen molar-refractivity contribution in [2.75, 3.05) is 17.2 Å². The summed E-state index contributed by atoms with van der Waals surface area (Å²) < 4.78 is 5.47. The van der Waals surface area contributed by atoms with Gasteiger partial charge in [0.05, 0.1) is 5.69 Å². The molecule has 1 aromatic carbocycles. The summed E-state index contributed by atoms with van der Waals surface area (Å²) in [7, 11) is 0. The van der Waals surface area contributed by atoms with Gasteiger partial charge in [-0.2, -0.15) is 0 Å². The number of anilines is 2. The molecular weight excluding hydrogens is 244 g/mol. The van der Waals surface area contributed by atoms with Crippen LogP contribution in [0.4, 0.5) is 11.4 Å². The van der Waals surface area contributed by atoms with E-state index in [0.717, 1.165) is 18.7 Å². The van der Waals surface area contributed by atoms with E-state index in [-0.39, 0.29) is 11.7 Å². The predicted molar refractivity (Wildman–Crippen MR) is 73.6 cm³/mol. The second-order valence-corrected chi connectivity index (χ2v) is 4.69. The van der Waals surface area contributed by atoms with Crippen LogP contribution < -0.4 is 15.4 Å². The molecule has 0 aromatic heterocycles. The average Bonchev–Trinajstić information content (AvgIpc) is 2.36. The van der Waals surface area contributed by atoms with Crippen LogP contribution >= 0.6 is 0 Å². The Bertz CT molecular complexity index is 499. The van der Waals surface area contributed by atoms with Gasteiger partial charge in [-0.25, -0.2) is 0 Å². The number of fused-ring (bicyclic) bond motifs is 1. The summed E-state index contributed by atoms with van der Waals surface area (Å²) in [6.07, 6.45) is 0.920. The second kappa shape index (κ2) is 5.73. The lowest BCUT2D eigenvalue weighted by Gasteiger charge is -2.23. The van der Waals surface area contributed by atoms with Crippen molar-refractivity contribution in [2.24, 2.45) is 0 Å². The molecule has 5 nitrogen and oxygen atoms in total. The zero-order valence-corrected chi connectivity index (χ0v) is 11.2. The molecule has 0 aliphatic carbocycles. The fraction of sp³-hybridized carbons (Fsp3) is 0.429. The highest BCUT2D eigenvalue weighted by atomic mass is 16.5. The number of nitrogens with one attached hydrogen (secondary N) is 2. The molecule has 0 fully saturated rings. The van der Waals surface area contributed by atoms with E-state index in [1.807, 2.05) is 18.2 Å². The average molecular weight is 262 g/mol. The molecular formula is C14H18N2O3. The summed E-state index contributed by atoms with van der Waals surface area (Å²) in [5.41, 5.74) is 1.58. The zero-order valence-electron chi connectivity index (χ0n) is 11.2. The van der Waals surface area contributed by atoms with Gasteiger partial charge in [0.2, 0.25) is 0 Å². The molecule has 0 spiro atoms. The standard InChI is InChI=1S/C14H18N2O3/c1-9(17)4-3-7-15-11-5-6-13-12(8-11)16-14(18)10(2)19-13/h5-6,8,10,15H,3-4,7H2,1-2H3,(H,16,18). The van der Waals surface area contributed by atoms with Crippen molar-refractivity contribution >= 4 is 23.1 Å². The van der Waals surface area contributed by atoms with Crippen molar-refractivity contribution < 1.29 is 14.3 Å². The molecule has 0 radical (unpaired) electrons. The molecule has 102 valence electrons. The van der Waals surface area contributed by atoms with Crippen molar-refractivity contribution in [3.8, 4) is 5.75 Å². The van der Waals surface area contributed by atoms with Crippen molar-refractivity contribution in [2.45, 2.75) is 32.8 Å². The number of hydrogen-bond donors (Lipinski definition) is 2. The molecule has 0 saturated carbocycles. The van der Waals surface area contributed by atoms with Crippen LogP contribution in [0.15, 0.2) is 18.2 Å². The first-order valence-corrected chi connectivity index (χ1v) is 6.41. The molecule has 1 aromatic rings. The first-order chi connectivity index (χ1) is 9.06. The molecule has 2 N–H and O–H groups in total. The summed E-state index contributed by atoms with van der Waals surface area (Å²) in [6.45, 7) is 4.03. The van der Waals surface area contributed by atoms with Gasteiger partial charge in [0.15, 0.2) is 6.10 Å². The summed E-state index contributed by atoms with van der Waals surface area (Å²) in [4.78, 5) is 22.3. The minimum Gasteiger partial charge on any atom is -0.479 e. The maximum absolute atomic E-state index is 11.5. The number of Topliss-reactive ketones (excluding diaryl/α,β-unsaturated/α-hetero) is 1. The van der Waals surface area contributed by atoms with Gasteiger partial charge in [-0.1, -0.05) is 0 Å². The van der Waals surface area contributed by atoms with E-state index < -0.39 is 6.10 Å². The SMILES string of the molecule is CC(=O)CCCNc1ccc2c(c1)NC(=O)C(C)O2. The fourth-order valence-corrected chi connectivity index (χ4v) is 1.89. The van der Waals surface area contributed by atoms with Crippen LogP contribution in [0.3, 0.4) is 0 Å². The van der Waals surface area contributed by atoms with Gasteiger partial charge in [-0.05, 0) is 38.5 Å². The highest BCUT2D eigenvalue weighted by Gasteiger charge is 2.23. The summed E-state index contributed by atoms with van der Waals surface area (Å²) in [5.74, 6) is 0.740. The Kier molecular flexibility index (Phi) is 4.04. The third-order valence-corrected chi connectivity index (χ3v) is 2.95. The third-order valence-electron chi connectivity index (χ3n) is 2.95. The van der Waals surface area contributed by atoms with E-state index in [4.69, 9.17) is 4.74 Å². The highest BCUT2D eigenvalue weighted by molar-refractivity contribution is 5.98. The van der Waals surface area contributed by atoms with Gasteiger partial charge >= 0.3 is 0 Å². The van der Waals surface area contributed by atoms with Crippen LogP contribution in [-0.4, -0.2) is 24.3 Å². The summed E-state index contributed by atoms with van der Waals surface area (Å²) in [6, 6.07) is 5.57. The van der Waals surface area contributed by atoms with Crippen LogP contribution in [-0.2, 0) is 9.59 Å². The van der Waals surface area contributed by atoms with E-state index in [9.17, 15) is 9.59 Å². The number of ketones is 1. The van der Waals surface area contributed by atoms with E-state index >= 15 is 0 Å². The van der Waals surface area contributed by atoms with Gasteiger partial charge < -0.3 is 20.2 Å². The molecule has 2 rings (SSSR count). The molecule has 5 heteroatoms. The Morgan fingerprint density at radius 3 is 3.00 bits per heavy atom. The number of benzene rings is 1. The lowest BCUT2D eigenvalue weighted by molar-refractivity contribution is -0.122. The van der Waals surface area contributed by atoms with E-state index in [2.05, 4.69) is 10.6 Å². The largest absolute Gasteiger partial charge is 0.479 e. The van der Waals surface area contributed by atoms with E-state index in [0.29, 0.717) is 17.9 Å². The molecule has 1 aliphatic rings. The number of amides is 1. The first-order valence-electron chi connectivity index (χ1n) is 6.41. The number of hydrogen-bond acceptors (Lipinski definition) is 4. The predicted octanol–water partition coefficient (Wildman–Crippen LogP) is 2.19. The smallest absolute Gasteiger partial charge is 0.265 e. The number of carbonyl (C=O) groups is 2. The number of rotatable bonds is 5. The summed E-state index contributed by atoms with van der Waals surface area (Å²) in [5, 5.41) is 6.02. The molecule has 1 amide bonds. The quantitative estimate of drug-likeness (QED) is 0.798. The molecule has 19 heavy (non-hydrogen) atoms. The molecule has 1 unspecified atom stereocenters. The van der Waals surface area contributed by atoms with Crippen LogP contribution in [0.5, 0.6) is 5.75 Å². The molecule has 0 saturated heterocycles. The Balaban J connectivity index is 1.95. The van der Waals surface area contributed by atoms with Crippen molar-refractivity contribution in [3.63, 3.8) is 0 Å². The lowest BCUT2D eigenvalue weighted by Crippen LogP contribution is -2.34. The van der Waals surface area contributed by atoms with Crippen LogP contribution in [0.2, 0.25) is 0 Å². The topological polar surface area (TPSA) is 67.4 Å². The minimum absolute atomic E-state index is 0.138. The zero-order chi connectivity index (χ0) is 13.8. The van der Waals surface area contributed by atoms with Crippen LogP contribution in [0.25, 0.3) is 0 Å². The Labute approximate surface area is 112 Å². The van der Waals surface area contributed by atoms with E-state index in [1.165, 1.54) is 0 Å². The van der Waals surface area contributed by atoms with Gasteiger partial charge in [-0.15, -0.1) is 0 Å². The fourth-order valence-electron chi connectivity index (χ4n) is 1.89. The monoisotopic (exact) mass is 262 g/mol. The minimum atomic E-state index is -0.457. The molecule has 1 aliphatic heterocycles. The number of ether oxygens (including phenoxy) is 1. The van der Waals surface area contributed by atoms with Crippen LogP contribution in [0, 0.1) is 0 Å². The highest BCUT2D eigenvalue weighted by Crippen LogP contribution is 2.32. The van der Waals surface area contributed by atoms with Gasteiger partial charge in [0, 0.05) is 18.7 Å². The van der Waals surface area contributed by atoms with Gasteiger partial charge in [0.1, 0.15) is 11.5 Å². The van der Waals surface area contributed by atoms with E-state index in [1.54, 1.807) is 13.8 Å². The normalized spacial score (nSPS) is 17.2. The second-order valence-electron chi connectivity index (χ2n) is 4.69. The van der Waals surface area contributed by atoms with Crippen molar-refractivity contribution in [1.29, 1.82) is 0 Å². The van der Waals surface area contributed by atoms with Crippen molar-refractivity contribution in [3.05, 3.63) is 18.2 Å². The van der Waals surface area contributed by atoms with Crippen molar-refractivity contribution in [1.82, 2.24) is 0 Å². The lowest BCUT2D eigenvalue weighted by atomic mass is 10.2. The van der Waals surface area contributed by atoms with Crippen LogP contribution in [0.1, 0.15) is 26.7 Å². The summed E-state index contributed by atoms with van der Waals surface area (Å²) >= 11 is 0. The van der Waals surface area contributed by atoms with Gasteiger partial charge in [0.25, 0.3) is 5.91 Å². The molecule has 1 heterocycles. The molecule has 1 atom stereocenters. The third kappa shape index (κ3) is 3.47. The number of carbonyl (C=O) groups excluding carboxylic acids is 2. The Morgan fingerprint density at radius 2 is 2.26 bits per heavy atom. The Hall–Kier alpha value is -2.04. The maximum atomic E-state index is 11.5. The Morgan fingerprint density at radius 1 is 1.47 bits per heavy atom. The van der Waals surface area contributed by atoms with Gasteiger partial charge in [-0.3, -0.25) is 4.79 Å². The molecule has 0 bridgehead atoms. The first kappa shape index (κ1) is 13.4. The maximum Gasteiger partial charge on any atom is 0.265 e.